The number of hydrogen-bond donors (Lipinski definition) is 2. The predicted octanol–water partition coefficient (Wildman–Crippen LogP) is 1.86. The fourth-order valence-corrected chi connectivity index (χ4v) is 2.67. The number of carbonyl (C=O) groups is 1. The molecule has 1 aromatic rings. The summed E-state index contributed by atoms with van der Waals surface area (Å²) in [6.45, 7) is 2.17. The molecule has 1 fully saturated rings. The lowest BCUT2D eigenvalue weighted by Crippen LogP contribution is -2.40. The van der Waals surface area contributed by atoms with Gasteiger partial charge in [0.05, 0.1) is 12.2 Å². The van der Waals surface area contributed by atoms with Gasteiger partial charge >= 0.3 is 0 Å². The number of anilines is 1. The standard InChI is InChI=1S/C15H21FN2O2/c16-13-5-1-2-6-14(13)17-15(20)11-18-8-3-4-12(10-18)7-9-19/h1-2,5-6,12,19H,3-4,7-11H2,(H,17,20). The lowest BCUT2D eigenvalue weighted by molar-refractivity contribution is -0.117. The molecule has 1 amide bonds. The zero-order valence-corrected chi connectivity index (χ0v) is 11.5. The number of nitrogens with zero attached hydrogens (tertiary/aromatic N) is 1. The predicted molar refractivity (Wildman–Crippen MR) is 75.9 cm³/mol. The molecule has 1 unspecified atom stereocenters. The Balaban J connectivity index is 1.84. The third-order valence-electron chi connectivity index (χ3n) is 3.66. The van der Waals surface area contributed by atoms with Gasteiger partial charge in [0, 0.05) is 13.2 Å². The van der Waals surface area contributed by atoms with Crippen LogP contribution >= 0.6 is 0 Å². The molecule has 110 valence electrons. The summed E-state index contributed by atoms with van der Waals surface area (Å²) in [6.07, 6.45) is 2.93. The lowest BCUT2D eigenvalue weighted by atomic mass is 9.95. The number of nitrogens with one attached hydrogen (secondary N) is 1. The maximum absolute atomic E-state index is 13.4. The van der Waals surface area contributed by atoms with Gasteiger partial charge < -0.3 is 10.4 Å². The smallest absolute Gasteiger partial charge is 0.238 e. The first-order valence-electron chi connectivity index (χ1n) is 7.06. The van der Waals surface area contributed by atoms with E-state index in [0.29, 0.717) is 5.92 Å². The minimum absolute atomic E-state index is 0.194. The molecule has 0 aromatic heterocycles. The van der Waals surface area contributed by atoms with Gasteiger partial charge in [-0.15, -0.1) is 0 Å². The molecule has 1 atom stereocenters. The Kier molecular flexibility index (Phi) is 5.49. The number of aliphatic hydroxyl groups is 1. The second-order valence-corrected chi connectivity index (χ2v) is 5.28. The highest BCUT2D eigenvalue weighted by molar-refractivity contribution is 5.92. The summed E-state index contributed by atoms with van der Waals surface area (Å²) >= 11 is 0. The third kappa shape index (κ3) is 4.28. The average molecular weight is 280 g/mol. The fourth-order valence-electron chi connectivity index (χ4n) is 2.67. The summed E-state index contributed by atoms with van der Waals surface area (Å²) in [5.74, 6) is -0.160. The minimum Gasteiger partial charge on any atom is -0.396 e. The highest BCUT2D eigenvalue weighted by Crippen LogP contribution is 2.19. The number of benzene rings is 1. The van der Waals surface area contributed by atoms with E-state index in [-0.39, 0.29) is 24.7 Å². The van der Waals surface area contributed by atoms with Gasteiger partial charge in [0.2, 0.25) is 5.91 Å². The van der Waals surface area contributed by atoms with Crippen molar-refractivity contribution in [1.29, 1.82) is 0 Å². The van der Waals surface area contributed by atoms with Gasteiger partial charge in [-0.25, -0.2) is 4.39 Å². The number of likely N-dealkylation sites (tertiary alicyclic amines) is 1. The van der Waals surface area contributed by atoms with Crippen LogP contribution in [0, 0.1) is 11.7 Å². The number of halogens is 1. The third-order valence-corrected chi connectivity index (χ3v) is 3.66. The fraction of sp³-hybridized carbons (Fsp3) is 0.533. The van der Waals surface area contributed by atoms with Crippen molar-refractivity contribution in [3.8, 4) is 0 Å². The summed E-state index contributed by atoms with van der Waals surface area (Å²) in [5, 5.41) is 11.6. The number of hydrogen-bond acceptors (Lipinski definition) is 3. The molecule has 0 bridgehead atoms. The Morgan fingerprint density at radius 3 is 3.00 bits per heavy atom. The number of rotatable bonds is 5. The van der Waals surface area contributed by atoms with Crippen molar-refractivity contribution in [2.24, 2.45) is 5.92 Å². The molecule has 0 aliphatic carbocycles. The quantitative estimate of drug-likeness (QED) is 0.865. The minimum atomic E-state index is -0.419. The molecule has 2 N–H and O–H groups in total. The topological polar surface area (TPSA) is 52.6 Å². The molecule has 1 aliphatic heterocycles. The van der Waals surface area contributed by atoms with Gasteiger partial charge in [0.25, 0.3) is 0 Å². The molecule has 1 aliphatic rings. The van der Waals surface area contributed by atoms with E-state index < -0.39 is 5.82 Å². The van der Waals surface area contributed by atoms with Crippen LogP contribution in [0.1, 0.15) is 19.3 Å². The first-order valence-corrected chi connectivity index (χ1v) is 7.06. The molecular weight excluding hydrogens is 259 g/mol. The van der Waals surface area contributed by atoms with Crippen LogP contribution < -0.4 is 5.32 Å². The van der Waals surface area contributed by atoms with Crippen LogP contribution in [0.15, 0.2) is 24.3 Å². The normalized spacial score (nSPS) is 19.8. The Hall–Kier alpha value is -1.46. The number of para-hydroxylation sites is 1. The van der Waals surface area contributed by atoms with E-state index in [1.165, 1.54) is 6.07 Å². The van der Waals surface area contributed by atoms with Gasteiger partial charge in [-0.1, -0.05) is 12.1 Å². The number of piperidine rings is 1. The zero-order chi connectivity index (χ0) is 14.4. The number of amides is 1. The van der Waals surface area contributed by atoms with Crippen LogP contribution in [0.2, 0.25) is 0 Å². The summed E-state index contributed by atoms with van der Waals surface area (Å²) in [7, 11) is 0. The summed E-state index contributed by atoms with van der Waals surface area (Å²) < 4.78 is 13.4. The molecule has 1 aromatic carbocycles. The monoisotopic (exact) mass is 280 g/mol. The van der Waals surface area contributed by atoms with Gasteiger partial charge in [-0.3, -0.25) is 9.69 Å². The van der Waals surface area contributed by atoms with E-state index in [1.807, 2.05) is 0 Å². The highest BCUT2D eigenvalue weighted by Gasteiger charge is 2.21. The SMILES string of the molecule is O=C(CN1CCCC(CCO)C1)Nc1ccccc1F. The lowest BCUT2D eigenvalue weighted by Gasteiger charge is -2.31. The van der Waals surface area contributed by atoms with Gasteiger partial charge in [-0.05, 0) is 43.9 Å². The van der Waals surface area contributed by atoms with Gasteiger partial charge in [-0.2, -0.15) is 0 Å². The average Bonchev–Trinajstić information content (AvgIpc) is 2.42. The van der Waals surface area contributed by atoms with Crippen LogP contribution in [-0.2, 0) is 4.79 Å². The molecule has 0 radical (unpaired) electrons. The van der Waals surface area contributed by atoms with E-state index in [1.54, 1.807) is 18.2 Å². The van der Waals surface area contributed by atoms with E-state index >= 15 is 0 Å². The molecular formula is C15H21FN2O2. The van der Waals surface area contributed by atoms with E-state index in [0.717, 1.165) is 32.4 Å². The maximum atomic E-state index is 13.4. The Bertz CT molecular complexity index is 451. The van der Waals surface area contributed by atoms with E-state index in [2.05, 4.69) is 10.2 Å². The number of carbonyl (C=O) groups excluding carboxylic acids is 1. The maximum Gasteiger partial charge on any atom is 0.238 e. The van der Waals surface area contributed by atoms with Gasteiger partial charge in [0.15, 0.2) is 0 Å². The van der Waals surface area contributed by atoms with Crippen LogP contribution in [-0.4, -0.2) is 42.2 Å². The van der Waals surface area contributed by atoms with Crippen molar-refractivity contribution < 1.29 is 14.3 Å². The Morgan fingerprint density at radius 2 is 2.25 bits per heavy atom. The van der Waals surface area contributed by atoms with Crippen molar-refractivity contribution in [1.82, 2.24) is 4.90 Å². The molecule has 0 saturated carbocycles. The van der Waals surface area contributed by atoms with Crippen molar-refractivity contribution in [3.63, 3.8) is 0 Å². The second kappa shape index (κ2) is 7.36. The first kappa shape index (κ1) is 14.9. The van der Waals surface area contributed by atoms with Crippen LogP contribution in [0.3, 0.4) is 0 Å². The summed E-state index contributed by atoms with van der Waals surface area (Å²) in [6, 6.07) is 6.16. The first-order chi connectivity index (χ1) is 9.69. The largest absolute Gasteiger partial charge is 0.396 e. The van der Waals surface area contributed by atoms with Crippen LogP contribution in [0.4, 0.5) is 10.1 Å². The Labute approximate surface area is 118 Å². The molecule has 20 heavy (non-hydrogen) atoms. The molecule has 4 nitrogen and oxygen atoms in total. The van der Waals surface area contributed by atoms with Crippen LogP contribution in [0.5, 0.6) is 0 Å². The molecule has 2 rings (SSSR count). The van der Waals surface area contributed by atoms with Gasteiger partial charge in [0.1, 0.15) is 5.82 Å². The van der Waals surface area contributed by atoms with E-state index in [9.17, 15) is 9.18 Å². The number of aliphatic hydroxyl groups excluding tert-OH is 1. The Morgan fingerprint density at radius 1 is 1.45 bits per heavy atom. The zero-order valence-electron chi connectivity index (χ0n) is 11.5. The second-order valence-electron chi connectivity index (χ2n) is 5.28. The molecule has 5 heteroatoms. The van der Waals surface area contributed by atoms with Crippen molar-refractivity contribution >= 4 is 11.6 Å². The summed E-state index contributed by atoms with van der Waals surface area (Å²) in [5.41, 5.74) is 0.224. The summed E-state index contributed by atoms with van der Waals surface area (Å²) in [4.78, 5) is 14.0. The van der Waals surface area contributed by atoms with Crippen molar-refractivity contribution in [2.75, 3.05) is 31.6 Å². The highest BCUT2D eigenvalue weighted by atomic mass is 19.1. The van der Waals surface area contributed by atoms with E-state index in [4.69, 9.17) is 5.11 Å². The van der Waals surface area contributed by atoms with Crippen LogP contribution in [0.25, 0.3) is 0 Å². The van der Waals surface area contributed by atoms with Crippen molar-refractivity contribution in [3.05, 3.63) is 30.1 Å². The molecule has 1 saturated heterocycles. The van der Waals surface area contributed by atoms with Crippen molar-refractivity contribution in [2.45, 2.75) is 19.3 Å². The molecule has 1 heterocycles. The molecule has 0 spiro atoms.